The van der Waals surface area contributed by atoms with E-state index in [0.29, 0.717) is 34.6 Å². The molecule has 252 valence electrons. The smallest absolute Gasteiger partial charge is 0.361 e. The van der Waals surface area contributed by atoms with E-state index in [2.05, 4.69) is 30.3 Å². The quantitative estimate of drug-likeness (QED) is 0.110. The number of rotatable bonds is 13. The van der Waals surface area contributed by atoms with Crippen LogP contribution < -0.4 is 10.6 Å². The van der Waals surface area contributed by atoms with Gasteiger partial charge in [0.25, 0.3) is 5.91 Å². The van der Waals surface area contributed by atoms with E-state index in [-0.39, 0.29) is 44.2 Å². The highest BCUT2D eigenvalue weighted by Crippen LogP contribution is 2.42. The summed E-state index contributed by atoms with van der Waals surface area (Å²) in [6.45, 7) is 9.05. The molecule has 1 heterocycles. The molecule has 0 spiro atoms. The maximum atomic E-state index is 14.2. The molecule has 0 unspecified atom stereocenters. The summed E-state index contributed by atoms with van der Waals surface area (Å²) >= 11 is 0. The zero-order valence-corrected chi connectivity index (χ0v) is 27.7. The van der Waals surface area contributed by atoms with Gasteiger partial charge in [0.15, 0.2) is 0 Å². The van der Waals surface area contributed by atoms with Gasteiger partial charge in [0.05, 0.1) is 29.5 Å². The van der Waals surface area contributed by atoms with Crippen molar-refractivity contribution in [3.63, 3.8) is 0 Å². The Labute approximate surface area is 267 Å². The molecule has 3 aromatic rings. The number of hydrogen-bond donors (Lipinski definition) is 2. The van der Waals surface area contributed by atoms with E-state index < -0.39 is 51.0 Å². The summed E-state index contributed by atoms with van der Waals surface area (Å²) in [6.07, 6.45) is -6.51. The number of nitrogens with one attached hydrogen (secondary N) is 2. The molecule has 2 N–H and O–H groups in total. The standard InChI is InChI=1S/C33H43F5N4O3Si/c1-22(39-28(43)14-17-33(36,37)38)25-10-11-27-26(20-25)40-30(42(27)21-45-18-19-46(2,3)4)29(23-12-15-32(34,35)16-13-23)41-31(44)24-8-6-5-7-9-24/h5-11,20,22-23,29H,12-19,21H2,1-4H3,(H,39,43)(H,41,44)/t22-,29+/m1/s1. The van der Waals surface area contributed by atoms with Gasteiger partial charge in [0.1, 0.15) is 12.6 Å². The number of halogens is 5. The van der Waals surface area contributed by atoms with Crippen molar-refractivity contribution in [1.82, 2.24) is 20.2 Å². The molecule has 1 saturated carbocycles. The van der Waals surface area contributed by atoms with Crippen LogP contribution >= 0.6 is 0 Å². The van der Waals surface area contributed by atoms with Gasteiger partial charge in [-0.2, -0.15) is 13.2 Å². The molecule has 2 aromatic carbocycles. The van der Waals surface area contributed by atoms with Gasteiger partial charge in [-0.15, -0.1) is 0 Å². The molecule has 7 nitrogen and oxygen atoms in total. The highest BCUT2D eigenvalue weighted by Gasteiger charge is 2.40. The summed E-state index contributed by atoms with van der Waals surface area (Å²) in [5.74, 6) is -3.67. The maximum Gasteiger partial charge on any atom is 0.389 e. The summed E-state index contributed by atoms with van der Waals surface area (Å²) in [4.78, 5) is 30.5. The molecule has 2 amide bonds. The van der Waals surface area contributed by atoms with E-state index in [1.807, 2.05) is 4.57 Å². The second-order valence-electron chi connectivity index (χ2n) is 13.4. The SMILES string of the molecule is C[C@@H](NC(=O)CCC(F)(F)F)c1ccc2c(c1)nc([C@@H](NC(=O)c1ccccc1)C1CCC(F)(F)CC1)n2COCC[Si](C)(C)C. The van der Waals surface area contributed by atoms with E-state index in [1.165, 1.54) is 0 Å². The number of fused-ring (bicyclic) bond motifs is 1. The van der Waals surface area contributed by atoms with Crippen molar-refractivity contribution < 1.29 is 36.3 Å². The molecule has 46 heavy (non-hydrogen) atoms. The lowest BCUT2D eigenvalue weighted by Gasteiger charge is -2.34. The number of alkyl halides is 5. The number of hydrogen-bond acceptors (Lipinski definition) is 4. The van der Waals surface area contributed by atoms with Crippen molar-refractivity contribution >= 4 is 30.9 Å². The lowest BCUT2D eigenvalue weighted by Crippen LogP contribution is -2.38. The topological polar surface area (TPSA) is 85.3 Å². The Morgan fingerprint density at radius 2 is 1.74 bits per heavy atom. The third-order valence-corrected chi connectivity index (χ3v) is 10.1. The molecular formula is C33H43F5N4O3Si. The van der Waals surface area contributed by atoms with Crippen LogP contribution in [0.2, 0.25) is 25.7 Å². The summed E-state index contributed by atoms with van der Waals surface area (Å²) < 4.78 is 74.3. The Morgan fingerprint density at radius 1 is 1.07 bits per heavy atom. The second-order valence-corrected chi connectivity index (χ2v) is 19.0. The van der Waals surface area contributed by atoms with Gasteiger partial charge in [0.2, 0.25) is 11.8 Å². The first kappa shape index (κ1) is 35.5. The van der Waals surface area contributed by atoms with Crippen LogP contribution in [0, 0.1) is 5.92 Å². The molecule has 13 heteroatoms. The van der Waals surface area contributed by atoms with Crippen LogP contribution in [0.3, 0.4) is 0 Å². The zero-order chi connectivity index (χ0) is 33.7. The molecule has 0 radical (unpaired) electrons. The lowest BCUT2D eigenvalue weighted by molar-refractivity contribution is -0.144. The molecule has 1 aromatic heterocycles. The van der Waals surface area contributed by atoms with E-state index in [4.69, 9.17) is 9.72 Å². The Bertz CT molecular complexity index is 1480. The molecule has 0 saturated heterocycles. The van der Waals surface area contributed by atoms with Gasteiger partial charge in [-0.3, -0.25) is 9.59 Å². The molecule has 1 aliphatic carbocycles. The Kier molecular flexibility index (Phi) is 11.3. The number of aromatic nitrogens is 2. The number of nitrogens with zero attached hydrogens (tertiary/aromatic N) is 2. The minimum absolute atomic E-state index is 0.125. The average molecular weight is 667 g/mol. The van der Waals surface area contributed by atoms with Crippen LogP contribution in [0.1, 0.15) is 79.3 Å². The minimum Gasteiger partial charge on any atom is -0.361 e. The number of amides is 2. The van der Waals surface area contributed by atoms with Gasteiger partial charge in [0, 0.05) is 39.5 Å². The van der Waals surface area contributed by atoms with Crippen LogP contribution in [0.5, 0.6) is 0 Å². The largest absolute Gasteiger partial charge is 0.389 e. The van der Waals surface area contributed by atoms with Crippen molar-refractivity contribution in [1.29, 1.82) is 0 Å². The fraction of sp³-hybridized carbons (Fsp3) is 0.545. The predicted molar refractivity (Wildman–Crippen MR) is 169 cm³/mol. The van der Waals surface area contributed by atoms with Crippen molar-refractivity contribution in [2.45, 2.75) is 102 Å². The van der Waals surface area contributed by atoms with Gasteiger partial charge in [-0.25, -0.2) is 13.8 Å². The van der Waals surface area contributed by atoms with Crippen LogP contribution in [-0.4, -0.2) is 48.1 Å². The van der Waals surface area contributed by atoms with Crippen molar-refractivity contribution in [3.8, 4) is 0 Å². The van der Waals surface area contributed by atoms with Crippen molar-refractivity contribution in [3.05, 3.63) is 65.5 Å². The van der Waals surface area contributed by atoms with E-state index in [1.54, 1.807) is 55.5 Å². The van der Waals surface area contributed by atoms with Crippen molar-refractivity contribution in [2.24, 2.45) is 5.92 Å². The van der Waals surface area contributed by atoms with Gasteiger partial charge < -0.3 is 19.9 Å². The monoisotopic (exact) mass is 666 g/mol. The van der Waals surface area contributed by atoms with E-state index in [0.717, 1.165) is 6.04 Å². The number of carbonyl (C=O) groups excluding carboxylic acids is 2. The number of imidazole rings is 1. The van der Waals surface area contributed by atoms with Crippen LogP contribution in [0.4, 0.5) is 22.0 Å². The maximum absolute atomic E-state index is 14.2. The fourth-order valence-electron chi connectivity index (χ4n) is 5.60. The Hall–Kier alpha value is -3.32. The molecule has 1 aliphatic rings. The summed E-state index contributed by atoms with van der Waals surface area (Å²) in [5.41, 5.74) is 2.27. The van der Waals surface area contributed by atoms with E-state index in [9.17, 15) is 31.5 Å². The van der Waals surface area contributed by atoms with Crippen LogP contribution in [0.15, 0.2) is 48.5 Å². The molecule has 4 rings (SSSR count). The van der Waals surface area contributed by atoms with Gasteiger partial charge >= 0.3 is 6.18 Å². The average Bonchev–Trinajstić information content (AvgIpc) is 3.34. The highest BCUT2D eigenvalue weighted by molar-refractivity contribution is 6.76. The third kappa shape index (κ3) is 10.1. The first-order valence-corrected chi connectivity index (χ1v) is 19.4. The Balaban J connectivity index is 1.69. The predicted octanol–water partition coefficient (Wildman–Crippen LogP) is 8.16. The molecule has 1 fully saturated rings. The molecule has 0 bridgehead atoms. The second kappa shape index (κ2) is 14.6. The van der Waals surface area contributed by atoms with Crippen molar-refractivity contribution in [2.75, 3.05) is 6.61 Å². The highest BCUT2D eigenvalue weighted by atomic mass is 28.3. The zero-order valence-electron chi connectivity index (χ0n) is 26.7. The fourth-order valence-corrected chi connectivity index (χ4v) is 6.35. The third-order valence-electron chi connectivity index (χ3n) is 8.37. The normalized spacial score (nSPS) is 17.1. The van der Waals surface area contributed by atoms with Gasteiger partial charge in [-0.05, 0) is 61.6 Å². The molecular weight excluding hydrogens is 623 g/mol. The first-order chi connectivity index (χ1) is 21.5. The minimum atomic E-state index is -4.43. The number of carbonyl (C=O) groups is 2. The van der Waals surface area contributed by atoms with Crippen LogP contribution in [-0.2, 0) is 16.3 Å². The number of benzene rings is 2. The first-order valence-electron chi connectivity index (χ1n) is 15.7. The number of ether oxygens (including phenoxy) is 1. The van der Waals surface area contributed by atoms with E-state index >= 15 is 0 Å². The lowest BCUT2D eigenvalue weighted by atomic mass is 9.81. The summed E-state index contributed by atoms with van der Waals surface area (Å²) in [6, 6.07) is 13.6. The van der Waals surface area contributed by atoms with Crippen LogP contribution in [0.25, 0.3) is 11.0 Å². The molecule has 2 atom stereocenters. The summed E-state index contributed by atoms with van der Waals surface area (Å²) in [5, 5.41) is 5.70. The van der Waals surface area contributed by atoms with Gasteiger partial charge in [-0.1, -0.05) is 43.9 Å². The Morgan fingerprint density at radius 3 is 2.37 bits per heavy atom. The summed E-state index contributed by atoms with van der Waals surface area (Å²) in [7, 11) is -1.39. The molecule has 0 aliphatic heterocycles.